The zero-order valence-electron chi connectivity index (χ0n) is 11.1. The van der Waals surface area contributed by atoms with Crippen LogP contribution in [-0.4, -0.2) is 30.0 Å². The molecule has 1 aliphatic heterocycles. The van der Waals surface area contributed by atoms with Gasteiger partial charge in [0.25, 0.3) is 0 Å². The van der Waals surface area contributed by atoms with Gasteiger partial charge in [-0.1, -0.05) is 33.6 Å². The van der Waals surface area contributed by atoms with E-state index in [0.717, 1.165) is 19.0 Å². The zero-order chi connectivity index (χ0) is 12.0. The van der Waals surface area contributed by atoms with Crippen molar-refractivity contribution in [1.29, 1.82) is 0 Å². The van der Waals surface area contributed by atoms with Gasteiger partial charge in [-0.2, -0.15) is 0 Å². The molecule has 0 aromatic rings. The van der Waals surface area contributed by atoms with Crippen LogP contribution >= 0.6 is 0 Å². The minimum absolute atomic E-state index is 0.589. The minimum Gasteiger partial charge on any atom is -0.370 e. The molecule has 0 aromatic carbocycles. The summed E-state index contributed by atoms with van der Waals surface area (Å²) in [5.74, 6) is 1.35. The van der Waals surface area contributed by atoms with Crippen LogP contribution in [0.25, 0.3) is 0 Å². The summed E-state index contributed by atoms with van der Waals surface area (Å²) in [6.07, 6.45) is 6.39. The lowest BCUT2D eigenvalue weighted by Gasteiger charge is -2.30. The van der Waals surface area contributed by atoms with Crippen molar-refractivity contribution in [2.45, 2.75) is 58.9 Å². The van der Waals surface area contributed by atoms with Crippen molar-refractivity contribution >= 4 is 5.96 Å². The van der Waals surface area contributed by atoms with Crippen molar-refractivity contribution in [2.75, 3.05) is 13.1 Å². The highest BCUT2D eigenvalue weighted by Crippen LogP contribution is 2.18. The fraction of sp³-hybridized carbons (Fsp3) is 0.923. The summed E-state index contributed by atoms with van der Waals surface area (Å²) in [5, 5.41) is 0. The SMILES string of the molecule is CCC1CCCCCN1C(N)=NCC(C)C. The Morgan fingerprint density at radius 2 is 2.12 bits per heavy atom. The number of rotatable bonds is 3. The number of hydrogen-bond donors (Lipinski definition) is 1. The Morgan fingerprint density at radius 1 is 1.38 bits per heavy atom. The second kappa shape index (κ2) is 6.77. The van der Waals surface area contributed by atoms with E-state index in [1.807, 2.05) is 0 Å². The van der Waals surface area contributed by atoms with E-state index in [-0.39, 0.29) is 0 Å². The number of likely N-dealkylation sites (tertiary alicyclic amines) is 1. The highest BCUT2D eigenvalue weighted by molar-refractivity contribution is 5.78. The molecule has 1 heterocycles. The average Bonchev–Trinajstić information content (AvgIpc) is 2.50. The van der Waals surface area contributed by atoms with Crippen LogP contribution < -0.4 is 5.73 Å². The molecule has 3 heteroatoms. The monoisotopic (exact) mass is 225 g/mol. The van der Waals surface area contributed by atoms with Crippen molar-refractivity contribution in [3.63, 3.8) is 0 Å². The van der Waals surface area contributed by atoms with Gasteiger partial charge in [-0.25, -0.2) is 0 Å². The van der Waals surface area contributed by atoms with Gasteiger partial charge in [0.2, 0.25) is 0 Å². The molecule has 0 aromatic heterocycles. The first-order valence-electron chi connectivity index (χ1n) is 6.71. The maximum absolute atomic E-state index is 6.11. The van der Waals surface area contributed by atoms with Gasteiger partial charge in [-0.05, 0) is 25.2 Å². The zero-order valence-corrected chi connectivity index (χ0v) is 11.1. The second-order valence-electron chi connectivity index (χ2n) is 5.20. The number of guanidine groups is 1. The number of nitrogens with zero attached hydrogens (tertiary/aromatic N) is 2. The summed E-state index contributed by atoms with van der Waals surface area (Å²) in [7, 11) is 0. The van der Waals surface area contributed by atoms with E-state index in [9.17, 15) is 0 Å². The highest BCUT2D eigenvalue weighted by atomic mass is 15.3. The molecule has 1 saturated heterocycles. The molecule has 16 heavy (non-hydrogen) atoms. The molecule has 0 saturated carbocycles. The smallest absolute Gasteiger partial charge is 0.191 e. The van der Waals surface area contributed by atoms with Crippen molar-refractivity contribution in [2.24, 2.45) is 16.6 Å². The minimum atomic E-state index is 0.589. The van der Waals surface area contributed by atoms with Crippen LogP contribution in [0.3, 0.4) is 0 Å². The molecule has 0 radical (unpaired) electrons. The first-order valence-corrected chi connectivity index (χ1v) is 6.71. The largest absolute Gasteiger partial charge is 0.370 e. The van der Waals surface area contributed by atoms with Gasteiger partial charge in [0.15, 0.2) is 5.96 Å². The summed E-state index contributed by atoms with van der Waals surface area (Å²) in [4.78, 5) is 6.84. The third-order valence-corrected chi connectivity index (χ3v) is 3.26. The second-order valence-corrected chi connectivity index (χ2v) is 5.20. The summed E-state index contributed by atoms with van der Waals surface area (Å²) < 4.78 is 0. The van der Waals surface area contributed by atoms with Crippen molar-refractivity contribution in [1.82, 2.24) is 4.90 Å². The van der Waals surface area contributed by atoms with E-state index < -0.39 is 0 Å². The van der Waals surface area contributed by atoms with Crippen molar-refractivity contribution in [3.05, 3.63) is 0 Å². The van der Waals surface area contributed by atoms with Gasteiger partial charge in [0.05, 0.1) is 0 Å². The molecule has 0 bridgehead atoms. The first kappa shape index (κ1) is 13.3. The lowest BCUT2D eigenvalue weighted by Crippen LogP contribution is -2.44. The quantitative estimate of drug-likeness (QED) is 0.592. The van der Waals surface area contributed by atoms with Crippen LogP contribution in [0.1, 0.15) is 52.9 Å². The number of nitrogens with two attached hydrogens (primary N) is 1. The molecule has 2 N–H and O–H groups in total. The molecule has 1 unspecified atom stereocenters. The predicted molar refractivity (Wildman–Crippen MR) is 70.6 cm³/mol. The molecular formula is C13H27N3. The molecule has 1 atom stereocenters. The van der Waals surface area contributed by atoms with E-state index in [1.165, 1.54) is 32.1 Å². The number of hydrogen-bond acceptors (Lipinski definition) is 1. The average molecular weight is 225 g/mol. The summed E-state index contributed by atoms with van der Waals surface area (Å²) in [6, 6.07) is 0.610. The highest BCUT2D eigenvalue weighted by Gasteiger charge is 2.20. The molecule has 0 spiro atoms. The van der Waals surface area contributed by atoms with Gasteiger partial charge in [-0.3, -0.25) is 4.99 Å². The van der Waals surface area contributed by atoms with Crippen LogP contribution in [-0.2, 0) is 0 Å². The van der Waals surface area contributed by atoms with Crippen LogP contribution in [0.5, 0.6) is 0 Å². The van der Waals surface area contributed by atoms with Gasteiger partial charge in [0, 0.05) is 19.1 Å². The Balaban J connectivity index is 2.61. The van der Waals surface area contributed by atoms with Gasteiger partial charge in [-0.15, -0.1) is 0 Å². The Labute approximate surface area is 100 Å². The third-order valence-electron chi connectivity index (χ3n) is 3.26. The van der Waals surface area contributed by atoms with Crippen LogP contribution in [0.2, 0.25) is 0 Å². The third kappa shape index (κ3) is 4.03. The molecule has 1 aliphatic rings. The van der Waals surface area contributed by atoms with E-state index in [0.29, 0.717) is 12.0 Å². The molecule has 94 valence electrons. The van der Waals surface area contributed by atoms with Crippen LogP contribution in [0.4, 0.5) is 0 Å². The lowest BCUT2D eigenvalue weighted by molar-refractivity contribution is 0.302. The topological polar surface area (TPSA) is 41.6 Å². The van der Waals surface area contributed by atoms with E-state index >= 15 is 0 Å². The Bertz CT molecular complexity index is 223. The van der Waals surface area contributed by atoms with E-state index in [4.69, 9.17) is 5.73 Å². The van der Waals surface area contributed by atoms with Gasteiger partial charge >= 0.3 is 0 Å². The van der Waals surface area contributed by atoms with Crippen LogP contribution in [0.15, 0.2) is 4.99 Å². The van der Waals surface area contributed by atoms with E-state index in [2.05, 4.69) is 30.7 Å². The lowest BCUT2D eigenvalue weighted by atomic mass is 10.1. The molecule has 0 amide bonds. The number of aliphatic imine (C=N–C) groups is 1. The Kier molecular flexibility index (Phi) is 5.64. The van der Waals surface area contributed by atoms with E-state index in [1.54, 1.807) is 0 Å². The van der Waals surface area contributed by atoms with Crippen molar-refractivity contribution < 1.29 is 0 Å². The van der Waals surface area contributed by atoms with Gasteiger partial charge in [0.1, 0.15) is 0 Å². The fourth-order valence-electron chi connectivity index (χ4n) is 2.27. The fourth-order valence-corrected chi connectivity index (χ4v) is 2.27. The summed E-state index contributed by atoms with van der Waals surface area (Å²) in [5.41, 5.74) is 6.11. The predicted octanol–water partition coefficient (Wildman–Crippen LogP) is 2.61. The maximum atomic E-state index is 6.11. The Hall–Kier alpha value is -0.730. The molecular weight excluding hydrogens is 198 g/mol. The molecule has 3 nitrogen and oxygen atoms in total. The van der Waals surface area contributed by atoms with Crippen molar-refractivity contribution in [3.8, 4) is 0 Å². The summed E-state index contributed by atoms with van der Waals surface area (Å²) >= 11 is 0. The molecule has 1 rings (SSSR count). The van der Waals surface area contributed by atoms with Gasteiger partial charge < -0.3 is 10.6 Å². The van der Waals surface area contributed by atoms with Crippen LogP contribution in [0, 0.1) is 5.92 Å². The molecule has 1 fully saturated rings. The normalized spacial score (nSPS) is 23.6. The Morgan fingerprint density at radius 3 is 2.75 bits per heavy atom. The maximum Gasteiger partial charge on any atom is 0.191 e. The summed E-state index contributed by atoms with van der Waals surface area (Å²) in [6.45, 7) is 8.54. The first-order chi connectivity index (χ1) is 7.65. The standard InChI is InChI=1S/C13H27N3/c1-4-12-8-6-5-7-9-16(12)13(14)15-10-11(2)3/h11-12H,4-10H2,1-3H3,(H2,14,15). The molecule has 0 aliphatic carbocycles.